The lowest BCUT2D eigenvalue weighted by Crippen LogP contribution is -2.45. The van der Waals surface area contributed by atoms with Crippen LogP contribution in [-0.4, -0.2) is 20.2 Å². The fraction of sp³-hybridized carbons (Fsp3) is 0.192. The molecule has 0 amide bonds. The minimum atomic E-state index is -0.172. The van der Waals surface area contributed by atoms with Crippen LogP contribution in [0.3, 0.4) is 0 Å². The number of hydrogen-bond donors (Lipinski definition) is 1. The zero-order chi connectivity index (χ0) is 22.8. The standard InChI is InChI=1S/C26H24N4OS2/c1-3-18-11-13-20(14-12-18)24-28-25(31-29-24)22-17(2)30(16-21-10-7-15-33-21)26(32)27-23(22)19-8-5-4-6-9-19/h4-15,23H,3,16H2,1-2H3,(H,27,32). The summed E-state index contributed by atoms with van der Waals surface area (Å²) in [6.45, 7) is 4.91. The minimum absolute atomic E-state index is 0.172. The van der Waals surface area contributed by atoms with Gasteiger partial charge >= 0.3 is 0 Å². The molecule has 1 aliphatic heterocycles. The second-order valence-electron chi connectivity index (χ2n) is 7.93. The summed E-state index contributed by atoms with van der Waals surface area (Å²) in [7, 11) is 0. The summed E-state index contributed by atoms with van der Waals surface area (Å²) in [6, 6.07) is 22.5. The quantitative estimate of drug-likeness (QED) is 0.336. The van der Waals surface area contributed by atoms with Crippen molar-refractivity contribution in [3.63, 3.8) is 0 Å². The normalized spacial score (nSPS) is 16.2. The molecule has 1 N–H and O–H groups in total. The molecule has 4 aromatic rings. The van der Waals surface area contributed by atoms with E-state index in [-0.39, 0.29) is 6.04 Å². The first-order chi connectivity index (χ1) is 16.1. The number of thiocarbonyl (C=S) groups is 1. The number of benzene rings is 2. The van der Waals surface area contributed by atoms with Crippen molar-refractivity contribution in [3.05, 3.63) is 99.7 Å². The summed E-state index contributed by atoms with van der Waals surface area (Å²) in [6.07, 6.45) is 0.994. The zero-order valence-corrected chi connectivity index (χ0v) is 20.1. The van der Waals surface area contributed by atoms with Crippen LogP contribution in [0.2, 0.25) is 0 Å². The molecule has 1 aliphatic rings. The van der Waals surface area contributed by atoms with Crippen molar-refractivity contribution < 1.29 is 4.52 Å². The van der Waals surface area contributed by atoms with Gasteiger partial charge in [0.15, 0.2) is 5.11 Å². The van der Waals surface area contributed by atoms with Crippen LogP contribution in [0.25, 0.3) is 17.0 Å². The highest BCUT2D eigenvalue weighted by atomic mass is 32.1. The van der Waals surface area contributed by atoms with E-state index in [2.05, 4.69) is 71.0 Å². The number of allylic oxidation sites excluding steroid dienone is 1. The van der Waals surface area contributed by atoms with Gasteiger partial charge in [0.25, 0.3) is 5.89 Å². The highest BCUT2D eigenvalue weighted by molar-refractivity contribution is 7.80. The fourth-order valence-electron chi connectivity index (χ4n) is 4.04. The van der Waals surface area contributed by atoms with Gasteiger partial charge in [-0.15, -0.1) is 11.3 Å². The maximum Gasteiger partial charge on any atom is 0.258 e. The molecule has 5 rings (SSSR count). The molecule has 3 heterocycles. The summed E-state index contributed by atoms with van der Waals surface area (Å²) >= 11 is 7.50. The Labute approximate surface area is 202 Å². The molecule has 1 atom stereocenters. The van der Waals surface area contributed by atoms with E-state index in [1.807, 2.05) is 30.3 Å². The molecular weight excluding hydrogens is 448 g/mol. The van der Waals surface area contributed by atoms with E-state index >= 15 is 0 Å². The molecule has 2 aromatic carbocycles. The second kappa shape index (κ2) is 9.29. The molecule has 1 unspecified atom stereocenters. The lowest BCUT2D eigenvalue weighted by Gasteiger charge is -2.37. The fourth-order valence-corrected chi connectivity index (χ4v) is 5.05. The molecule has 7 heteroatoms. The third-order valence-electron chi connectivity index (χ3n) is 5.90. The maximum atomic E-state index is 5.83. The average molecular weight is 473 g/mol. The SMILES string of the molecule is CCc1ccc(-c2noc(C3=C(C)N(Cc4cccs4)C(=S)NC3c3ccccc3)n2)cc1. The van der Waals surface area contributed by atoms with Crippen LogP contribution in [0.15, 0.2) is 82.3 Å². The van der Waals surface area contributed by atoms with Crippen molar-refractivity contribution in [2.24, 2.45) is 0 Å². The molecule has 2 aromatic heterocycles. The molecular formula is C26H24N4OS2. The Bertz CT molecular complexity index is 1280. The van der Waals surface area contributed by atoms with Crippen molar-refractivity contribution in [2.45, 2.75) is 32.9 Å². The van der Waals surface area contributed by atoms with Crippen molar-refractivity contribution >= 4 is 34.2 Å². The summed E-state index contributed by atoms with van der Waals surface area (Å²) in [5.74, 6) is 1.08. The summed E-state index contributed by atoms with van der Waals surface area (Å²) in [4.78, 5) is 8.14. The van der Waals surface area contributed by atoms with Gasteiger partial charge in [-0.2, -0.15) is 4.98 Å². The van der Waals surface area contributed by atoms with Gasteiger partial charge in [-0.1, -0.05) is 72.7 Å². The number of nitrogens with one attached hydrogen (secondary N) is 1. The van der Waals surface area contributed by atoms with Crippen LogP contribution in [0.5, 0.6) is 0 Å². The number of thiophene rings is 1. The summed E-state index contributed by atoms with van der Waals surface area (Å²) < 4.78 is 5.83. The molecule has 0 saturated carbocycles. The van der Waals surface area contributed by atoms with E-state index in [0.717, 1.165) is 28.8 Å². The van der Waals surface area contributed by atoms with Gasteiger partial charge in [-0.05, 0) is 48.1 Å². The smallest absolute Gasteiger partial charge is 0.258 e. The lowest BCUT2D eigenvalue weighted by molar-refractivity contribution is 0.396. The van der Waals surface area contributed by atoms with Gasteiger partial charge < -0.3 is 14.7 Å². The first-order valence-electron chi connectivity index (χ1n) is 10.9. The molecule has 0 spiro atoms. The number of hydrogen-bond acceptors (Lipinski definition) is 5. The third-order valence-corrected chi connectivity index (χ3v) is 7.10. The lowest BCUT2D eigenvalue weighted by atomic mass is 9.95. The molecule has 0 saturated heterocycles. The Morgan fingerprint density at radius 1 is 1.06 bits per heavy atom. The summed E-state index contributed by atoms with van der Waals surface area (Å²) in [5, 5.41) is 10.6. The largest absolute Gasteiger partial charge is 0.351 e. The maximum absolute atomic E-state index is 5.83. The van der Waals surface area contributed by atoms with Gasteiger partial charge in [0, 0.05) is 16.1 Å². The number of aromatic nitrogens is 2. The number of rotatable bonds is 6. The second-order valence-corrected chi connectivity index (χ2v) is 9.35. The van der Waals surface area contributed by atoms with Gasteiger partial charge in [-0.3, -0.25) is 0 Å². The van der Waals surface area contributed by atoms with E-state index < -0.39 is 0 Å². The highest BCUT2D eigenvalue weighted by Gasteiger charge is 2.34. The topological polar surface area (TPSA) is 54.2 Å². The van der Waals surface area contributed by atoms with E-state index in [1.54, 1.807) is 11.3 Å². The van der Waals surface area contributed by atoms with E-state index in [0.29, 0.717) is 23.4 Å². The van der Waals surface area contributed by atoms with Crippen molar-refractivity contribution in [3.8, 4) is 11.4 Å². The van der Waals surface area contributed by atoms with Gasteiger partial charge in [0.2, 0.25) is 5.82 Å². The van der Waals surface area contributed by atoms with E-state index in [4.69, 9.17) is 21.7 Å². The third kappa shape index (κ3) is 4.34. The van der Waals surface area contributed by atoms with Crippen molar-refractivity contribution in [1.29, 1.82) is 0 Å². The molecule has 0 radical (unpaired) electrons. The predicted molar refractivity (Wildman–Crippen MR) is 136 cm³/mol. The Balaban J connectivity index is 1.57. The van der Waals surface area contributed by atoms with Crippen molar-refractivity contribution in [2.75, 3.05) is 0 Å². The Morgan fingerprint density at radius 3 is 2.55 bits per heavy atom. The average Bonchev–Trinajstić information content (AvgIpc) is 3.54. The molecule has 5 nitrogen and oxygen atoms in total. The molecule has 0 bridgehead atoms. The van der Waals surface area contributed by atoms with Crippen molar-refractivity contribution in [1.82, 2.24) is 20.4 Å². The van der Waals surface area contributed by atoms with Crippen LogP contribution in [-0.2, 0) is 13.0 Å². The molecule has 0 aliphatic carbocycles. The Hall–Kier alpha value is -3.29. The van der Waals surface area contributed by atoms with Crippen LogP contribution in [0.4, 0.5) is 0 Å². The van der Waals surface area contributed by atoms with Crippen LogP contribution in [0, 0.1) is 0 Å². The van der Waals surface area contributed by atoms with Crippen LogP contribution < -0.4 is 5.32 Å². The Kier molecular flexibility index (Phi) is 6.07. The molecule has 0 fully saturated rings. The van der Waals surface area contributed by atoms with Gasteiger partial charge in [-0.25, -0.2) is 0 Å². The summed E-state index contributed by atoms with van der Waals surface area (Å²) in [5.41, 5.74) is 5.26. The first kappa shape index (κ1) is 21.6. The predicted octanol–water partition coefficient (Wildman–Crippen LogP) is 6.22. The van der Waals surface area contributed by atoms with E-state index in [9.17, 15) is 0 Å². The first-order valence-corrected chi connectivity index (χ1v) is 12.2. The van der Waals surface area contributed by atoms with Gasteiger partial charge in [0.05, 0.1) is 18.2 Å². The van der Waals surface area contributed by atoms with Crippen LogP contribution >= 0.6 is 23.6 Å². The highest BCUT2D eigenvalue weighted by Crippen LogP contribution is 2.38. The minimum Gasteiger partial charge on any atom is -0.351 e. The number of nitrogens with zero attached hydrogens (tertiary/aromatic N) is 3. The Morgan fingerprint density at radius 2 is 1.85 bits per heavy atom. The molecule has 33 heavy (non-hydrogen) atoms. The number of aryl methyl sites for hydroxylation is 1. The van der Waals surface area contributed by atoms with Gasteiger partial charge in [0.1, 0.15) is 0 Å². The van der Waals surface area contributed by atoms with Crippen LogP contribution in [0.1, 0.15) is 41.8 Å². The van der Waals surface area contributed by atoms with E-state index in [1.165, 1.54) is 10.4 Å². The zero-order valence-electron chi connectivity index (χ0n) is 18.5. The monoisotopic (exact) mass is 472 g/mol. The molecule has 166 valence electrons.